The lowest BCUT2D eigenvalue weighted by Crippen LogP contribution is -2.07. The second-order valence-electron chi connectivity index (χ2n) is 4.12. The van der Waals surface area contributed by atoms with E-state index in [-0.39, 0.29) is 17.9 Å². The summed E-state index contributed by atoms with van der Waals surface area (Å²) in [6.07, 6.45) is -4.52. The predicted molar refractivity (Wildman–Crippen MR) is 66.2 cm³/mol. The molecule has 0 saturated heterocycles. The highest BCUT2D eigenvalue weighted by Gasteiger charge is 2.31. The van der Waals surface area contributed by atoms with Gasteiger partial charge in [-0.05, 0) is 30.3 Å². The molecule has 0 bridgehead atoms. The summed E-state index contributed by atoms with van der Waals surface area (Å²) in [6, 6.07) is 8.21. The first kappa shape index (κ1) is 14.2. The second kappa shape index (κ2) is 5.40. The molecule has 0 aliphatic rings. The lowest BCUT2D eigenvalue weighted by molar-refractivity contribution is -0.137. The minimum atomic E-state index is -4.52. The average Bonchev–Trinajstić information content (AvgIpc) is 2.36. The Kier molecular flexibility index (Phi) is 3.83. The molecule has 0 radical (unpaired) electrons. The predicted octanol–water partition coefficient (Wildman–Crippen LogP) is 5.11. The summed E-state index contributed by atoms with van der Waals surface area (Å²) in [5.74, 6) is -0.464. The molecule has 0 aliphatic carbocycles. The van der Waals surface area contributed by atoms with Gasteiger partial charge >= 0.3 is 6.18 Å². The molecule has 0 heterocycles. The zero-order valence-electron chi connectivity index (χ0n) is 10.2. The van der Waals surface area contributed by atoms with Crippen molar-refractivity contribution in [2.75, 3.05) is 0 Å². The number of hydrogen-bond acceptors (Lipinski definition) is 1. The maximum atomic E-state index is 13.5. The highest BCUT2D eigenvalue weighted by Crippen LogP contribution is 2.30. The van der Waals surface area contributed by atoms with Crippen LogP contribution < -0.4 is 4.74 Å². The van der Waals surface area contributed by atoms with Gasteiger partial charge in [0, 0.05) is 5.56 Å². The van der Waals surface area contributed by atoms with Crippen LogP contribution in [0.2, 0.25) is 0 Å². The number of benzene rings is 2. The molecule has 0 spiro atoms. The molecule has 0 aliphatic heterocycles. The zero-order valence-corrected chi connectivity index (χ0v) is 10.2. The van der Waals surface area contributed by atoms with Crippen molar-refractivity contribution in [1.82, 2.24) is 0 Å². The van der Waals surface area contributed by atoms with Gasteiger partial charge in [-0.1, -0.05) is 12.1 Å². The topological polar surface area (TPSA) is 33.0 Å². The molecule has 0 saturated carbocycles. The number of ether oxygens (including phenoxy) is 1. The van der Waals surface area contributed by atoms with Crippen LogP contribution in [0.4, 0.5) is 23.2 Å². The first-order valence-corrected chi connectivity index (χ1v) is 5.66. The van der Waals surface area contributed by atoms with E-state index in [1.54, 1.807) is 12.1 Å². The molecule has 2 aromatic rings. The summed E-state index contributed by atoms with van der Waals surface area (Å²) in [6.45, 7) is -0.334. The molecule has 106 valence electrons. The molecular weight excluding hydrogens is 274 g/mol. The van der Waals surface area contributed by atoms with Gasteiger partial charge < -0.3 is 10.5 Å². The van der Waals surface area contributed by atoms with Crippen LogP contribution in [0.3, 0.4) is 0 Å². The summed E-state index contributed by atoms with van der Waals surface area (Å²) in [7, 11) is 0. The molecule has 6 heteroatoms. The fraction of sp³-hybridized carbons (Fsp3) is 0.143. The first-order valence-electron chi connectivity index (χ1n) is 5.66. The number of rotatable bonds is 3. The van der Waals surface area contributed by atoms with Crippen LogP contribution in [0.25, 0.3) is 5.73 Å². The van der Waals surface area contributed by atoms with Crippen molar-refractivity contribution in [2.24, 2.45) is 0 Å². The molecule has 0 atom stereocenters. The van der Waals surface area contributed by atoms with Gasteiger partial charge in [-0.25, -0.2) is 4.39 Å². The lowest BCUT2D eigenvalue weighted by Gasteiger charge is -2.12. The molecule has 0 aromatic heterocycles. The molecule has 20 heavy (non-hydrogen) atoms. The van der Waals surface area contributed by atoms with Crippen molar-refractivity contribution < 1.29 is 22.3 Å². The fourth-order valence-electron chi connectivity index (χ4n) is 1.61. The summed E-state index contributed by atoms with van der Waals surface area (Å²) < 4.78 is 56.2. The maximum Gasteiger partial charge on any atom is 0.416 e. The third-order valence-electron chi connectivity index (χ3n) is 2.60. The summed E-state index contributed by atoms with van der Waals surface area (Å²) >= 11 is 0. The van der Waals surface area contributed by atoms with E-state index in [1.807, 2.05) is 0 Å². The molecular formula is C14H10F4NO-. The molecule has 0 unspecified atom stereocenters. The Hall–Kier alpha value is -2.24. The van der Waals surface area contributed by atoms with Crippen LogP contribution in [-0.4, -0.2) is 0 Å². The van der Waals surface area contributed by atoms with E-state index >= 15 is 0 Å². The number of alkyl halides is 3. The van der Waals surface area contributed by atoms with Gasteiger partial charge in [0.05, 0.1) is 5.56 Å². The van der Waals surface area contributed by atoms with Crippen molar-refractivity contribution in [2.45, 2.75) is 12.8 Å². The van der Waals surface area contributed by atoms with Crippen LogP contribution in [0.5, 0.6) is 5.75 Å². The molecule has 2 rings (SSSR count). The third-order valence-corrected chi connectivity index (χ3v) is 2.60. The highest BCUT2D eigenvalue weighted by atomic mass is 19.4. The van der Waals surface area contributed by atoms with Gasteiger partial charge in [-0.3, -0.25) is 0 Å². The van der Waals surface area contributed by atoms with Gasteiger partial charge in [0.2, 0.25) is 0 Å². The Morgan fingerprint density at radius 2 is 1.80 bits per heavy atom. The van der Waals surface area contributed by atoms with Crippen molar-refractivity contribution in [3.63, 3.8) is 0 Å². The molecule has 0 fully saturated rings. The van der Waals surface area contributed by atoms with E-state index < -0.39 is 17.6 Å². The SMILES string of the molecule is [NH-]c1cccc(OCc2cc(C(F)(F)F)ccc2F)c1. The van der Waals surface area contributed by atoms with E-state index in [9.17, 15) is 17.6 Å². The number of halogens is 4. The van der Waals surface area contributed by atoms with Crippen LogP contribution in [0, 0.1) is 5.82 Å². The minimum Gasteiger partial charge on any atom is -0.699 e. The van der Waals surface area contributed by atoms with Gasteiger partial charge in [0.25, 0.3) is 0 Å². The van der Waals surface area contributed by atoms with Crippen molar-refractivity contribution in [1.29, 1.82) is 0 Å². The van der Waals surface area contributed by atoms with Crippen molar-refractivity contribution >= 4 is 5.69 Å². The quantitative estimate of drug-likeness (QED) is 0.721. The summed E-state index contributed by atoms with van der Waals surface area (Å²) in [5.41, 5.74) is 6.47. The number of nitrogens with one attached hydrogen (secondary N) is 1. The Morgan fingerprint density at radius 1 is 1.05 bits per heavy atom. The van der Waals surface area contributed by atoms with E-state index in [0.717, 1.165) is 12.1 Å². The maximum absolute atomic E-state index is 13.5. The lowest BCUT2D eigenvalue weighted by atomic mass is 10.1. The summed E-state index contributed by atoms with van der Waals surface area (Å²) in [4.78, 5) is 0. The van der Waals surface area contributed by atoms with Gasteiger partial charge in [0.15, 0.2) is 0 Å². The Balaban J connectivity index is 2.17. The van der Waals surface area contributed by atoms with Crippen LogP contribution in [0.1, 0.15) is 11.1 Å². The Labute approximate surface area is 112 Å². The number of hydrogen-bond donors (Lipinski definition) is 0. The summed E-state index contributed by atoms with van der Waals surface area (Å²) in [5, 5.41) is 0. The van der Waals surface area contributed by atoms with E-state index in [1.165, 1.54) is 12.1 Å². The molecule has 0 amide bonds. The van der Waals surface area contributed by atoms with E-state index in [4.69, 9.17) is 10.5 Å². The smallest absolute Gasteiger partial charge is 0.416 e. The first-order chi connectivity index (χ1) is 9.36. The second-order valence-corrected chi connectivity index (χ2v) is 4.12. The van der Waals surface area contributed by atoms with Gasteiger partial charge in [0.1, 0.15) is 18.2 Å². The Bertz CT molecular complexity index is 610. The van der Waals surface area contributed by atoms with Gasteiger partial charge in [-0.2, -0.15) is 13.2 Å². The molecule has 2 nitrogen and oxygen atoms in total. The fourth-order valence-corrected chi connectivity index (χ4v) is 1.61. The van der Waals surface area contributed by atoms with Gasteiger partial charge in [-0.15, -0.1) is 5.69 Å². The largest absolute Gasteiger partial charge is 0.699 e. The van der Waals surface area contributed by atoms with Crippen LogP contribution >= 0.6 is 0 Å². The van der Waals surface area contributed by atoms with Crippen molar-refractivity contribution in [3.05, 3.63) is 65.1 Å². The van der Waals surface area contributed by atoms with Crippen LogP contribution in [0.15, 0.2) is 42.5 Å². The minimum absolute atomic E-state index is 0.185. The monoisotopic (exact) mass is 284 g/mol. The molecule has 2 aromatic carbocycles. The van der Waals surface area contributed by atoms with E-state index in [0.29, 0.717) is 11.8 Å². The Morgan fingerprint density at radius 3 is 2.45 bits per heavy atom. The zero-order chi connectivity index (χ0) is 14.8. The third kappa shape index (κ3) is 3.40. The van der Waals surface area contributed by atoms with Crippen LogP contribution in [-0.2, 0) is 12.8 Å². The normalized spacial score (nSPS) is 11.4. The standard InChI is InChI=1S/C14H10F4NO/c15-13-5-4-10(14(16,17)18)6-9(13)8-20-12-3-1-2-11(19)7-12/h1-7,19H,8H2/q-1. The highest BCUT2D eigenvalue weighted by molar-refractivity contribution is 5.47. The van der Waals surface area contributed by atoms with E-state index in [2.05, 4.69) is 0 Å². The molecule has 1 N–H and O–H groups in total. The average molecular weight is 284 g/mol. The van der Waals surface area contributed by atoms with Crippen molar-refractivity contribution in [3.8, 4) is 5.75 Å².